The second-order valence-corrected chi connectivity index (χ2v) is 5.74. The van der Waals surface area contributed by atoms with Crippen molar-refractivity contribution in [2.24, 2.45) is 5.73 Å². The van der Waals surface area contributed by atoms with Gasteiger partial charge < -0.3 is 10.5 Å². The van der Waals surface area contributed by atoms with E-state index in [1.165, 1.54) is 4.68 Å². The quantitative estimate of drug-likeness (QED) is 0.837. The number of fused-ring (bicyclic) bond motifs is 1. The minimum absolute atomic E-state index is 0.0910. The van der Waals surface area contributed by atoms with Crippen LogP contribution in [0.4, 0.5) is 0 Å². The summed E-state index contributed by atoms with van der Waals surface area (Å²) < 4.78 is 8.54. The van der Waals surface area contributed by atoms with Crippen molar-refractivity contribution in [3.63, 3.8) is 0 Å². The van der Waals surface area contributed by atoms with Crippen LogP contribution in [0.15, 0.2) is 29.2 Å². The van der Waals surface area contributed by atoms with Crippen LogP contribution < -0.4 is 11.4 Å². The first-order valence-corrected chi connectivity index (χ1v) is 7.74. The van der Waals surface area contributed by atoms with Gasteiger partial charge in [0.15, 0.2) is 5.65 Å². The van der Waals surface area contributed by atoms with E-state index in [1.54, 1.807) is 17.7 Å². The fraction of sp³-hybridized carbons (Fsp3) is 0.600. The summed E-state index contributed by atoms with van der Waals surface area (Å²) in [5, 5.41) is 4.36. The summed E-state index contributed by atoms with van der Waals surface area (Å²) in [7, 11) is 1.75. The average molecular weight is 305 g/mol. The molecule has 7 heteroatoms. The molecule has 0 aliphatic carbocycles. The van der Waals surface area contributed by atoms with Gasteiger partial charge in [0, 0.05) is 39.0 Å². The van der Waals surface area contributed by atoms with Crippen LogP contribution in [-0.4, -0.2) is 58.0 Å². The molecule has 1 saturated heterocycles. The van der Waals surface area contributed by atoms with Crippen LogP contribution in [0.2, 0.25) is 0 Å². The Labute approximate surface area is 129 Å². The highest BCUT2D eigenvalue weighted by Crippen LogP contribution is 2.18. The van der Waals surface area contributed by atoms with Crippen LogP contribution >= 0.6 is 0 Å². The third kappa shape index (κ3) is 2.92. The Kier molecular flexibility index (Phi) is 4.56. The number of likely N-dealkylation sites (tertiary alicyclic amines) is 1. The molecule has 22 heavy (non-hydrogen) atoms. The van der Waals surface area contributed by atoms with Crippen LogP contribution in [0.3, 0.4) is 0 Å². The Hall–Kier alpha value is -1.70. The van der Waals surface area contributed by atoms with Crippen molar-refractivity contribution in [3.8, 4) is 0 Å². The van der Waals surface area contributed by atoms with Gasteiger partial charge in [-0.05, 0) is 25.0 Å². The molecule has 3 heterocycles. The molecular weight excluding hydrogens is 282 g/mol. The molecule has 0 radical (unpaired) electrons. The second kappa shape index (κ2) is 6.60. The number of rotatable bonds is 5. The minimum atomic E-state index is -0.0910. The van der Waals surface area contributed by atoms with Crippen LogP contribution in [-0.2, 0) is 11.3 Å². The van der Waals surface area contributed by atoms with E-state index in [4.69, 9.17) is 10.5 Å². The van der Waals surface area contributed by atoms with Gasteiger partial charge in [-0.15, -0.1) is 5.10 Å². The zero-order chi connectivity index (χ0) is 15.5. The first-order valence-electron chi connectivity index (χ1n) is 7.74. The number of methoxy groups -OCH3 is 1. The number of nitrogens with zero attached hydrogens (tertiary/aromatic N) is 4. The Morgan fingerprint density at radius 2 is 2.27 bits per heavy atom. The summed E-state index contributed by atoms with van der Waals surface area (Å²) in [4.78, 5) is 14.6. The first kappa shape index (κ1) is 15.2. The molecule has 2 N–H and O–H groups in total. The number of ether oxygens (including phenoxy) is 1. The van der Waals surface area contributed by atoms with Crippen molar-refractivity contribution < 1.29 is 4.74 Å². The predicted octanol–water partition coefficient (Wildman–Crippen LogP) is -0.0659. The topological polar surface area (TPSA) is 77.8 Å². The van der Waals surface area contributed by atoms with E-state index in [0.717, 1.165) is 25.9 Å². The second-order valence-electron chi connectivity index (χ2n) is 5.74. The maximum atomic E-state index is 12.3. The molecule has 7 nitrogen and oxygen atoms in total. The highest BCUT2D eigenvalue weighted by atomic mass is 16.5. The highest BCUT2D eigenvalue weighted by Gasteiger charge is 2.27. The monoisotopic (exact) mass is 305 g/mol. The van der Waals surface area contributed by atoms with Crippen molar-refractivity contribution in [2.45, 2.75) is 31.5 Å². The molecule has 3 rings (SSSR count). The van der Waals surface area contributed by atoms with Gasteiger partial charge in [0.1, 0.15) is 0 Å². The van der Waals surface area contributed by atoms with Gasteiger partial charge in [-0.2, -0.15) is 0 Å². The predicted molar refractivity (Wildman–Crippen MR) is 83.9 cm³/mol. The number of aromatic nitrogens is 3. The minimum Gasteiger partial charge on any atom is -0.381 e. The van der Waals surface area contributed by atoms with Gasteiger partial charge in [0.05, 0.1) is 12.6 Å². The lowest BCUT2D eigenvalue weighted by Crippen LogP contribution is -2.49. The van der Waals surface area contributed by atoms with E-state index >= 15 is 0 Å². The zero-order valence-corrected chi connectivity index (χ0v) is 12.9. The lowest BCUT2D eigenvalue weighted by Gasteiger charge is -2.38. The van der Waals surface area contributed by atoms with Crippen LogP contribution in [0, 0.1) is 0 Å². The molecule has 1 aliphatic rings. The van der Waals surface area contributed by atoms with E-state index in [9.17, 15) is 4.79 Å². The van der Waals surface area contributed by atoms with E-state index in [1.807, 2.05) is 18.2 Å². The van der Waals surface area contributed by atoms with E-state index in [2.05, 4.69) is 10.00 Å². The molecule has 0 bridgehead atoms. The molecule has 2 aromatic heterocycles. The molecule has 0 spiro atoms. The van der Waals surface area contributed by atoms with Crippen LogP contribution in [0.1, 0.15) is 12.8 Å². The zero-order valence-electron chi connectivity index (χ0n) is 12.9. The van der Waals surface area contributed by atoms with Crippen molar-refractivity contribution >= 4 is 5.65 Å². The standard InChI is InChI=1S/C15H23N5O2/c1-22-13-5-7-18(12(10-13)11-16)8-9-20-15(21)19-6-3-2-4-14(19)17-20/h2-4,6,12-13H,5,7-11,16H2,1H3. The Bertz CT molecular complexity index is 680. The third-order valence-electron chi connectivity index (χ3n) is 4.48. The fourth-order valence-corrected chi connectivity index (χ4v) is 3.15. The summed E-state index contributed by atoms with van der Waals surface area (Å²) in [5.74, 6) is 0. The number of piperidine rings is 1. The summed E-state index contributed by atoms with van der Waals surface area (Å²) in [6.07, 6.45) is 4.00. The average Bonchev–Trinajstić information content (AvgIpc) is 2.89. The number of nitrogens with two attached hydrogens (primary N) is 1. The summed E-state index contributed by atoms with van der Waals surface area (Å²) >= 11 is 0. The number of hydrogen-bond acceptors (Lipinski definition) is 5. The van der Waals surface area contributed by atoms with Gasteiger partial charge in [-0.1, -0.05) is 6.07 Å². The molecule has 2 atom stereocenters. The fourth-order valence-electron chi connectivity index (χ4n) is 3.15. The summed E-state index contributed by atoms with van der Waals surface area (Å²) in [5.41, 5.74) is 6.48. The Balaban J connectivity index is 1.68. The first-order chi connectivity index (χ1) is 10.7. The molecule has 2 aromatic rings. The third-order valence-corrected chi connectivity index (χ3v) is 4.48. The van der Waals surface area contributed by atoms with Gasteiger partial charge in [0.2, 0.25) is 0 Å². The lowest BCUT2D eigenvalue weighted by atomic mass is 9.99. The Morgan fingerprint density at radius 1 is 1.41 bits per heavy atom. The molecule has 120 valence electrons. The van der Waals surface area contributed by atoms with Crippen LogP contribution in [0.5, 0.6) is 0 Å². The maximum Gasteiger partial charge on any atom is 0.350 e. The van der Waals surface area contributed by atoms with E-state index in [0.29, 0.717) is 30.9 Å². The van der Waals surface area contributed by atoms with Gasteiger partial charge >= 0.3 is 5.69 Å². The van der Waals surface area contributed by atoms with Crippen molar-refractivity contribution in [1.82, 2.24) is 19.1 Å². The molecule has 2 unspecified atom stereocenters. The van der Waals surface area contributed by atoms with Crippen molar-refractivity contribution in [1.29, 1.82) is 0 Å². The van der Waals surface area contributed by atoms with Crippen molar-refractivity contribution in [2.75, 3.05) is 26.7 Å². The Morgan fingerprint density at radius 3 is 3.00 bits per heavy atom. The lowest BCUT2D eigenvalue weighted by molar-refractivity contribution is 0.0118. The number of hydrogen-bond donors (Lipinski definition) is 1. The molecular formula is C15H23N5O2. The maximum absolute atomic E-state index is 12.3. The molecule has 0 aromatic carbocycles. The van der Waals surface area contributed by atoms with Gasteiger partial charge in [0.25, 0.3) is 0 Å². The van der Waals surface area contributed by atoms with Gasteiger partial charge in [-0.3, -0.25) is 9.30 Å². The molecule has 1 fully saturated rings. The molecule has 0 amide bonds. The normalized spacial score (nSPS) is 23.2. The molecule has 1 aliphatic heterocycles. The number of pyridine rings is 1. The van der Waals surface area contributed by atoms with Crippen LogP contribution in [0.25, 0.3) is 5.65 Å². The summed E-state index contributed by atoms with van der Waals surface area (Å²) in [6, 6.07) is 5.86. The largest absolute Gasteiger partial charge is 0.381 e. The smallest absolute Gasteiger partial charge is 0.350 e. The molecule has 0 saturated carbocycles. The van der Waals surface area contributed by atoms with E-state index < -0.39 is 0 Å². The van der Waals surface area contributed by atoms with E-state index in [-0.39, 0.29) is 5.69 Å². The highest BCUT2D eigenvalue weighted by molar-refractivity contribution is 5.35. The van der Waals surface area contributed by atoms with Gasteiger partial charge in [-0.25, -0.2) is 9.48 Å². The van der Waals surface area contributed by atoms with Crippen molar-refractivity contribution in [3.05, 3.63) is 34.9 Å². The SMILES string of the molecule is COC1CCN(CCn2nc3ccccn3c2=O)C(CN)C1. The summed E-state index contributed by atoms with van der Waals surface area (Å²) in [6.45, 7) is 2.92.